The summed E-state index contributed by atoms with van der Waals surface area (Å²) in [6, 6.07) is 15.7. The number of hydrogen-bond acceptors (Lipinski definition) is 2. The number of carbonyl (C=O) groups is 1. The van der Waals surface area contributed by atoms with Crippen molar-refractivity contribution < 1.29 is 9.53 Å². The lowest BCUT2D eigenvalue weighted by molar-refractivity contribution is -0.111. The Morgan fingerprint density at radius 2 is 1.84 bits per heavy atom. The minimum absolute atomic E-state index is 0.251. The maximum absolute atomic E-state index is 10.9. The first-order valence-electron chi connectivity index (χ1n) is 6.10. The minimum Gasteiger partial charge on any atom is -0.489 e. The van der Waals surface area contributed by atoms with Gasteiger partial charge < -0.3 is 4.74 Å². The van der Waals surface area contributed by atoms with E-state index in [1.807, 2.05) is 55.5 Å². The van der Waals surface area contributed by atoms with Crippen LogP contribution in [0, 0.1) is 6.92 Å². The van der Waals surface area contributed by atoms with Gasteiger partial charge in [-0.2, -0.15) is 0 Å². The fourth-order valence-corrected chi connectivity index (χ4v) is 2.03. The molecule has 98 valence electrons. The zero-order valence-electron chi connectivity index (χ0n) is 10.7. The highest BCUT2D eigenvalue weighted by Crippen LogP contribution is 2.21. The van der Waals surface area contributed by atoms with E-state index in [1.165, 1.54) is 0 Å². The van der Waals surface area contributed by atoms with E-state index in [1.54, 1.807) is 0 Å². The van der Waals surface area contributed by atoms with Crippen molar-refractivity contribution in [1.29, 1.82) is 0 Å². The summed E-state index contributed by atoms with van der Waals surface area (Å²) >= 11 is 5.38. The topological polar surface area (TPSA) is 26.3 Å². The SMILES string of the molecule is Cc1cc(CC(=O)Cl)ccc1OCc1ccccc1. The van der Waals surface area contributed by atoms with Gasteiger partial charge in [-0.25, -0.2) is 0 Å². The molecule has 2 nitrogen and oxygen atoms in total. The number of hydrogen-bond donors (Lipinski definition) is 0. The van der Waals surface area contributed by atoms with Crippen molar-refractivity contribution in [1.82, 2.24) is 0 Å². The monoisotopic (exact) mass is 274 g/mol. The molecule has 0 N–H and O–H groups in total. The zero-order chi connectivity index (χ0) is 13.7. The predicted octanol–water partition coefficient (Wildman–Crippen LogP) is 3.88. The molecule has 19 heavy (non-hydrogen) atoms. The van der Waals surface area contributed by atoms with Crippen molar-refractivity contribution >= 4 is 16.8 Å². The number of aryl methyl sites for hydroxylation is 1. The molecule has 0 radical (unpaired) electrons. The molecule has 0 aromatic heterocycles. The summed E-state index contributed by atoms with van der Waals surface area (Å²) < 4.78 is 5.76. The standard InChI is InChI=1S/C16H15ClO2/c1-12-9-14(10-16(17)18)7-8-15(12)19-11-13-5-3-2-4-6-13/h2-9H,10-11H2,1H3. The molecule has 0 atom stereocenters. The Kier molecular flexibility index (Phi) is 4.58. The average molecular weight is 275 g/mol. The van der Waals surface area contributed by atoms with Gasteiger partial charge in [0.05, 0.1) is 0 Å². The smallest absolute Gasteiger partial charge is 0.226 e. The van der Waals surface area contributed by atoms with E-state index in [4.69, 9.17) is 16.3 Å². The highest BCUT2D eigenvalue weighted by molar-refractivity contribution is 6.63. The molecule has 2 aromatic rings. The van der Waals surface area contributed by atoms with E-state index < -0.39 is 0 Å². The van der Waals surface area contributed by atoms with Crippen LogP contribution in [-0.4, -0.2) is 5.24 Å². The Hall–Kier alpha value is -1.80. The zero-order valence-corrected chi connectivity index (χ0v) is 11.5. The van der Waals surface area contributed by atoms with Crippen LogP contribution in [0.1, 0.15) is 16.7 Å². The van der Waals surface area contributed by atoms with Crippen LogP contribution in [0.25, 0.3) is 0 Å². The van der Waals surface area contributed by atoms with E-state index in [0.29, 0.717) is 6.61 Å². The summed E-state index contributed by atoms with van der Waals surface area (Å²) in [5, 5.41) is -0.350. The molecule has 0 aliphatic rings. The van der Waals surface area contributed by atoms with E-state index in [9.17, 15) is 4.79 Å². The Morgan fingerprint density at radius 1 is 1.11 bits per heavy atom. The number of benzene rings is 2. The van der Waals surface area contributed by atoms with Crippen LogP contribution in [-0.2, 0) is 17.8 Å². The van der Waals surface area contributed by atoms with Crippen LogP contribution in [0.15, 0.2) is 48.5 Å². The van der Waals surface area contributed by atoms with Crippen molar-refractivity contribution in [2.75, 3.05) is 0 Å². The van der Waals surface area contributed by atoms with E-state index >= 15 is 0 Å². The highest BCUT2D eigenvalue weighted by atomic mass is 35.5. The summed E-state index contributed by atoms with van der Waals surface area (Å²) in [6.45, 7) is 2.50. The molecule has 0 heterocycles. The van der Waals surface area contributed by atoms with Crippen LogP contribution >= 0.6 is 11.6 Å². The number of ether oxygens (including phenoxy) is 1. The van der Waals surface area contributed by atoms with Crippen LogP contribution < -0.4 is 4.74 Å². The first-order valence-corrected chi connectivity index (χ1v) is 6.47. The van der Waals surface area contributed by atoms with Gasteiger partial charge in [0.15, 0.2) is 0 Å². The molecule has 0 aliphatic carbocycles. The third-order valence-corrected chi connectivity index (χ3v) is 2.95. The fraction of sp³-hybridized carbons (Fsp3) is 0.188. The summed E-state index contributed by atoms with van der Waals surface area (Å²) in [4.78, 5) is 10.9. The molecule has 0 fully saturated rings. The number of halogens is 1. The van der Waals surface area contributed by atoms with Crippen LogP contribution in [0.3, 0.4) is 0 Å². The third-order valence-electron chi connectivity index (χ3n) is 2.82. The first kappa shape index (κ1) is 13.6. The molecule has 0 aliphatic heterocycles. The molecule has 2 rings (SSSR count). The van der Waals surface area contributed by atoms with E-state index in [0.717, 1.165) is 22.4 Å². The molecule has 2 aromatic carbocycles. The fourth-order valence-electron chi connectivity index (χ4n) is 1.88. The largest absolute Gasteiger partial charge is 0.489 e. The van der Waals surface area contributed by atoms with Crippen molar-refractivity contribution in [3.63, 3.8) is 0 Å². The second-order valence-electron chi connectivity index (χ2n) is 4.41. The van der Waals surface area contributed by atoms with Crippen molar-refractivity contribution in [3.8, 4) is 5.75 Å². The maximum atomic E-state index is 10.9. The van der Waals surface area contributed by atoms with Gasteiger partial charge in [-0.05, 0) is 41.3 Å². The minimum atomic E-state index is -0.350. The van der Waals surface area contributed by atoms with Crippen molar-refractivity contribution in [2.45, 2.75) is 20.0 Å². The average Bonchev–Trinajstić information content (AvgIpc) is 2.38. The van der Waals surface area contributed by atoms with Crippen molar-refractivity contribution in [3.05, 3.63) is 65.2 Å². The summed E-state index contributed by atoms with van der Waals surface area (Å²) in [5.41, 5.74) is 3.04. The van der Waals surface area contributed by atoms with E-state index in [2.05, 4.69) is 0 Å². The summed E-state index contributed by atoms with van der Waals surface area (Å²) in [5.74, 6) is 0.828. The lowest BCUT2D eigenvalue weighted by atomic mass is 10.1. The second-order valence-corrected chi connectivity index (χ2v) is 4.83. The molecule has 0 spiro atoms. The third kappa shape index (κ3) is 4.11. The second kappa shape index (κ2) is 6.39. The molecule has 0 bridgehead atoms. The maximum Gasteiger partial charge on any atom is 0.226 e. The van der Waals surface area contributed by atoms with Gasteiger partial charge in [-0.15, -0.1) is 0 Å². The van der Waals surface area contributed by atoms with Gasteiger partial charge >= 0.3 is 0 Å². The Bertz CT molecular complexity index is 564. The number of rotatable bonds is 5. The highest BCUT2D eigenvalue weighted by Gasteiger charge is 2.04. The normalized spacial score (nSPS) is 10.2. The molecule has 0 saturated carbocycles. The van der Waals surface area contributed by atoms with Gasteiger partial charge in [-0.1, -0.05) is 42.5 Å². The summed E-state index contributed by atoms with van der Waals surface area (Å²) in [6.07, 6.45) is 0.251. The molecular formula is C16H15ClO2. The Balaban J connectivity index is 2.03. The number of carbonyl (C=O) groups excluding carboxylic acids is 1. The van der Waals surface area contributed by atoms with Gasteiger partial charge in [0, 0.05) is 6.42 Å². The Morgan fingerprint density at radius 3 is 2.47 bits per heavy atom. The van der Waals surface area contributed by atoms with Crippen molar-refractivity contribution in [2.24, 2.45) is 0 Å². The van der Waals surface area contributed by atoms with Gasteiger partial charge in [-0.3, -0.25) is 4.79 Å². The lowest BCUT2D eigenvalue weighted by Gasteiger charge is -2.10. The first-order chi connectivity index (χ1) is 9.15. The molecule has 3 heteroatoms. The molecule has 0 unspecified atom stereocenters. The van der Waals surface area contributed by atoms with Gasteiger partial charge in [0.2, 0.25) is 5.24 Å². The molecular weight excluding hydrogens is 260 g/mol. The quantitative estimate of drug-likeness (QED) is 0.774. The van der Waals surface area contributed by atoms with Gasteiger partial charge in [0.1, 0.15) is 12.4 Å². The van der Waals surface area contributed by atoms with Crippen LogP contribution in [0.5, 0.6) is 5.75 Å². The van der Waals surface area contributed by atoms with E-state index in [-0.39, 0.29) is 11.7 Å². The Labute approximate surface area is 118 Å². The summed E-state index contributed by atoms with van der Waals surface area (Å²) in [7, 11) is 0. The predicted molar refractivity (Wildman–Crippen MR) is 76.5 cm³/mol. The van der Waals surface area contributed by atoms with Gasteiger partial charge in [0.25, 0.3) is 0 Å². The van der Waals surface area contributed by atoms with Crippen LogP contribution in [0.4, 0.5) is 0 Å². The van der Waals surface area contributed by atoms with Crippen LogP contribution in [0.2, 0.25) is 0 Å². The molecule has 0 saturated heterocycles. The molecule has 0 amide bonds. The lowest BCUT2D eigenvalue weighted by Crippen LogP contribution is -1.99.